The van der Waals surface area contributed by atoms with Gasteiger partial charge in [0, 0.05) is 31.4 Å². The van der Waals surface area contributed by atoms with Gasteiger partial charge in [-0.3, -0.25) is 4.79 Å². The van der Waals surface area contributed by atoms with Gasteiger partial charge >= 0.3 is 0 Å². The van der Waals surface area contributed by atoms with Crippen LogP contribution in [0.1, 0.15) is 22.8 Å². The van der Waals surface area contributed by atoms with Gasteiger partial charge in [0.1, 0.15) is 5.82 Å². The third kappa shape index (κ3) is 3.39. The van der Waals surface area contributed by atoms with Crippen LogP contribution < -0.4 is 4.90 Å². The lowest BCUT2D eigenvalue weighted by atomic mass is 10.1. The van der Waals surface area contributed by atoms with Gasteiger partial charge in [-0.15, -0.1) is 0 Å². The summed E-state index contributed by atoms with van der Waals surface area (Å²) < 4.78 is 13.2. The second-order valence-electron chi connectivity index (χ2n) is 6.25. The molecule has 2 aromatic carbocycles. The predicted molar refractivity (Wildman–Crippen MR) is 95.3 cm³/mol. The molecule has 1 atom stereocenters. The molecule has 0 N–H and O–H groups in total. The Labute approximate surface area is 146 Å². The Morgan fingerprint density at radius 3 is 2.50 bits per heavy atom. The number of benzene rings is 2. The number of aryl methyl sites for hydroxylation is 1. The smallest absolute Gasteiger partial charge is 0.255 e. The monoisotopic (exact) mass is 346 g/mol. The van der Waals surface area contributed by atoms with Crippen LogP contribution in [-0.2, 0) is 0 Å². The first-order valence-corrected chi connectivity index (χ1v) is 8.41. The third-order valence-corrected chi connectivity index (χ3v) is 4.75. The standard InChI is InChI=1S/C19H20ClFN2O/c1-13-3-6-16(7-4-13)23-10-9-22(12-14(23)2)19(24)17-8-5-15(21)11-18(17)20/h3-8,11,14H,9-10,12H2,1-2H3/t14-/m0/s1. The highest BCUT2D eigenvalue weighted by Gasteiger charge is 2.28. The predicted octanol–water partition coefficient (Wildman–Crippen LogP) is 4.14. The minimum absolute atomic E-state index is 0.143. The van der Waals surface area contributed by atoms with E-state index < -0.39 is 5.82 Å². The number of carbonyl (C=O) groups is 1. The maximum Gasteiger partial charge on any atom is 0.255 e. The zero-order chi connectivity index (χ0) is 17.3. The third-order valence-electron chi connectivity index (χ3n) is 4.44. The Hall–Kier alpha value is -2.07. The molecule has 5 heteroatoms. The number of amides is 1. The van der Waals surface area contributed by atoms with E-state index >= 15 is 0 Å². The summed E-state index contributed by atoms with van der Waals surface area (Å²) in [6.07, 6.45) is 0. The van der Waals surface area contributed by atoms with Crippen molar-refractivity contribution in [2.45, 2.75) is 19.9 Å². The lowest BCUT2D eigenvalue weighted by Crippen LogP contribution is -2.53. The van der Waals surface area contributed by atoms with Gasteiger partial charge in [-0.25, -0.2) is 4.39 Å². The Morgan fingerprint density at radius 2 is 1.88 bits per heavy atom. The van der Waals surface area contributed by atoms with Crippen LogP contribution in [0.2, 0.25) is 5.02 Å². The second kappa shape index (κ2) is 6.81. The van der Waals surface area contributed by atoms with Crippen LogP contribution >= 0.6 is 11.6 Å². The fraction of sp³-hybridized carbons (Fsp3) is 0.316. The quantitative estimate of drug-likeness (QED) is 0.816. The first-order valence-electron chi connectivity index (χ1n) is 8.03. The lowest BCUT2D eigenvalue weighted by molar-refractivity contribution is 0.0726. The minimum Gasteiger partial charge on any atom is -0.365 e. The fourth-order valence-electron chi connectivity index (χ4n) is 3.10. The van der Waals surface area contributed by atoms with E-state index in [1.54, 1.807) is 4.90 Å². The van der Waals surface area contributed by atoms with Crippen molar-refractivity contribution in [2.75, 3.05) is 24.5 Å². The highest BCUT2D eigenvalue weighted by Crippen LogP contribution is 2.24. The van der Waals surface area contributed by atoms with Crippen molar-refractivity contribution in [1.29, 1.82) is 0 Å². The molecule has 1 aliphatic heterocycles. The van der Waals surface area contributed by atoms with Crippen LogP contribution in [0.3, 0.4) is 0 Å². The summed E-state index contributed by atoms with van der Waals surface area (Å²) in [5.41, 5.74) is 2.75. The Morgan fingerprint density at radius 1 is 1.17 bits per heavy atom. The average molecular weight is 347 g/mol. The Kier molecular flexibility index (Phi) is 4.76. The van der Waals surface area contributed by atoms with E-state index in [1.165, 1.54) is 29.4 Å². The molecule has 1 amide bonds. The normalized spacial score (nSPS) is 17.9. The highest BCUT2D eigenvalue weighted by atomic mass is 35.5. The number of anilines is 1. The van der Waals surface area contributed by atoms with Gasteiger partial charge in [0.05, 0.1) is 10.6 Å². The fourth-order valence-corrected chi connectivity index (χ4v) is 3.34. The molecule has 1 saturated heterocycles. The molecule has 0 radical (unpaired) electrons. The van der Waals surface area contributed by atoms with Crippen molar-refractivity contribution in [3.05, 3.63) is 64.4 Å². The molecule has 0 aromatic heterocycles. The van der Waals surface area contributed by atoms with Crippen molar-refractivity contribution in [1.82, 2.24) is 4.90 Å². The van der Waals surface area contributed by atoms with Gasteiger partial charge in [0.15, 0.2) is 0 Å². The van der Waals surface area contributed by atoms with Crippen LogP contribution in [0.4, 0.5) is 10.1 Å². The number of halogens is 2. The molecule has 1 heterocycles. The largest absolute Gasteiger partial charge is 0.365 e. The number of hydrogen-bond acceptors (Lipinski definition) is 2. The molecule has 1 aliphatic rings. The number of piperazine rings is 1. The van der Waals surface area contributed by atoms with Crippen molar-refractivity contribution in [3.63, 3.8) is 0 Å². The van der Waals surface area contributed by atoms with E-state index in [9.17, 15) is 9.18 Å². The molecular weight excluding hydrogens is 327 g/mol. The van der Waals surface area contributed by atoms with Crippen molar-refractivity contribution < 1.29 is 9.18 Å². The van der Waals surface area contributed by atoms with Crippen LogP contribution in [0.25, 0.3) is 0 Å². The number of rotatable bonds is 2. The Balaban J connectivity index is 1.73. The maximum atomic E-state index is 13.2. The second-order valence-corrected chi connectivity index (χ2v) is 6.66. The molecule has 3 rings (SSSR count). The molecule has 0 saturated carbocycles. The summed E-state index contributed by atoms with van der Waals surface area (Å²) in [7, 11) is 0. The first kappa shape index (κ1) is 16.8. The van der Waals surface area contributed by atoms with Gasteiger partial charge in [-0.2, -0.15) is 0 Å². The number of carbonyl (C=O) groups excluding carboxylic acids is 1. The van der Waals surface area contributed by atoms with Crippen molar-refractivity contribution >= 4 is 23.2 Å². The highest BCUT2D eigenvalue weighted by molar-refractivity contribution is 6.33. The summed E-state index contributed by atoms with van der Waals surface area (Å²) in [4.78, 5) is 16.8. The van der Waals surface area contributed by atoms with Crippen LogP contribution in [0.5, 0.6) is 0 Å². The van der Waals surface area contributed by atoms with E-state index in [-0.39, 0.29) is 17.0 Å². The SMILES string of the molecule is Cc1ccc(N2CCN(C(=O)c3ccc(F)cc3Cl)C[C@@H]2C)cc1. The van der Waals surface area contributed by atoms with E-state index in [0.29, 0.717) is 18.7 Å². The van der Waals surface area contributed by atoms with Crippen molar-refractivity contribution in [2.24, 2.45) is 0 Å². The lowest BCUT2D eigenvalue weighted by Gasteiger charge is -2.41. The van der Waals surface area contributed by atoms with Crippen LogP contribution in [0, 0.1) is 12.7 Å². The number of hydrogen-bond donors (Lipinski definition) is 0. The molecule has 24 heavy (non-hydrogen) atoms. The van der Waals surface area contributed by atoms with Gasteiger partial charge in [0.25, 0.3) is 5.91 Å². The zero-order valence-electron chi connectivity index (χ0n) is 13.8. The van der Waals surface area contributed by atoms with E-state index in [4.69, 9.17) is 11.6 Å². The molecule has 126 valence electrons. The summed E-state index contributed by atoms with van der Waals surface area (Å²) in [5.74, 6) is -0.579. The number of nitrogens with zero attached hydrogens (tertiary/aromatic N) is 2. The topological polar surface area (TPSA) is 23.6 Å². The van der Waals surface area contributed by atoms with E-state index in [1.807, 2.05) is 0 Å². The first-order chi connectivity index (χ1) is 11.5. The maximum absolute atomic E-state index is 13.2. The van der Waals surface area contributed by atoms with E-state index in [2.05, 4.69) is 43.0 Å². The summed E-state index contributed by atoms with van der Waals surface area (Å²) in [6.45, 7) is 6.15. The molecule has 0 unspecified atom stereocenters. The van der Waals surface area contributed by atoms with Gasteiger partial charge in [-0.1, -0.05) is 29.3 Å². The van der Waals surface area contributed by atoms with Gasteiger partial charge in [0.2, 0.25) is 0 Å². The molecule has 0 bridgehead atoms. The zero-order valence-corrected chi connectivity index (χ0v) is 14.6. The molecule has 0 spiro atoms. The van der Waals surface area contributed by atoms with Crippen molar-refractivity contribution in [3.8, 4) is 0 Å². The van der Waals surface area contributed by atoms with Gasteiger partial charge < -0.3 is 9.80 Å². The summed E-state index contributed by atoms with van der Waals surface area (Å²) >= 11 is 6.02. The van der Waals surface area contributed by atoms with E-state index in [0.717, 1.165) is 6.54 Å². The summed E-state index contributed by atoms with van der Waals surface area (Å²) in [6, 6.07) is 12.5. The molecule has 3 nitrogen and oxygen atoms in total. The molecule has 1 fully saturated rings. The Bertz CT molecular complexity index is 748. The van der Waals surface area contributed by atoms with Crippen LogP contribution in [-0.4, -0.2) is 36.5 Å². The molecule has 2 aromatic rings. The van der Waals surface area contributed by atoms with Crippen LogP contribution in [0.15, 0.2) is 42.5 Å². The minimum atomic E-state index is -0.436. The average Bonchev–Trinajstić information content (AvgIpc) is 2.55. The molecular formula is C19H20ClFN2O. The summed E-state index contributed by atoms with van der Waals surface area (Å²) in [5, 5.41) is 0.161. The molecule has 0 aliphatic carbocycles. The van der Waals surface area contributed by atoms with Gasteiger partial charge in [-0.05, 0) is 44.2 Å².